The Morgan fingerprint density at radius 1 is 1.39 bits per heavy atom. The minimum Gasteiger partial charge on any atom is -0.350 e. The van der Waals surface area contributed by atoms with Crippen LogP contribution in [0.3, 0.4) is 0 Å². The lowest BCUT2D eigenvalue weighted by Gasteiger charge is -2.23. The third-order valence-corrected chi connectivity index (χ3v) is 2.89. The zero-order valence-electron chi connectivity index (χ0n) is 11.4. The highest BCUT2D eigenvalue weighted by atomic mass is 79.9. The van der Waals surface area contributed by atoms with Crippen molar-refractivity contribution >= 4 is 21.8 Å². The number of halogens is 1. The van der Waals surface area contributed by atoms with Gasteiger partial charge in [-0.1, -0.05) is 28.1 Å². The molecule has 18 heavy (non-hydrogen) atoms. The zero-order chi connectivity index (χ0) is 13.8. The summed E-state index contributed by atoms with van der Waals surface area (Å²) in [5.74, 6) is 0.0255. The minimum absolute atomic E-state index is 0.0255. The smallest absolute Gasteiger partial charge is 0.237 e. The highest BCUT2D eigenvalue weighted by Crippen LogP contribution is 2.11. The molecular weight excluding hydrogens is 292 g/mol. The third-order valence-electron chi connectivity index (χ3n) is 2.39. The Bertz CT molecular complexity index is 413. The molecule has 0 fully saturated rings. The van der Waals surface area contributed by atoms with Crippen LogP contribution in [0.25, 0.3) is 0 Å². The first-order chi connectivity index (χ1) is 8.28. The number of carbonyl (C=O) groups excluding carboxylic acids is 1. The van der Waals surface area contributed by atoms with E-state index in [0.717, 1.165) is 10.0 Å². The Balaban J connectivity index is 2.46. The van der Waals surface area contributed by atoms with Crippen molar-refractivity contribution < 1.29 is 4.79 Å². The van der Waals surface area contributed by atoms with Crippen LogP contribution in [0.2, 0.25) is 0 Å². The van der Waals surface area contributed by atoms with E-state index in [1.165, 1.54) is 0 Å². The summed E-state index contributed by atoms with van der Waals surface area (Å²) in [7, 11) is 0. The molecule has 2 N–H and O–H groups in total. The molecule has 3 nitrogen and oxygen atoms in total. The number of nitrogens with one attached hydrogen (secondary N) is 2. The quantitative estimate of drug-likeness (QED) is 0.897. The number of carbonyl (C=O) groups is 1. The standard InChI is InChI=1S/C14H21BrN2O/c1-10(13(18)17-14(2,3)4)16-9-11-6-5-7-12(15)8-11/h5-8,10,16H,9H2,1-4H3,(H,17,18). The fourth-order valence-corrected chi connectivity index (χ4v) is 1.94. The Kier molecular flexibility index (Phi) is 5.35. The molecular formula is C14H21BrN2O. The van der Waals surface area contributed by atoms with Crippen molar-refractivity contribution in [2.75, 3.05) is 0 Å². The summed E-state index contributed by atoms with van der Waals surface area (Å²) in [6.45, 7) is 8.49. The van der Waals surface area contributed by atoms with Crippen LogP contribution in [-0.2, 0) is 11.3 Å². The van der Waals surface area contributed by atoms with E-state index in [0.29, 0.717) is 6.54 Å². The number of hydrogen-bond donors (Lipinski definition) is 2. The van der Waals surface area contributed by atoms with Gasteiger partial charge in [-0.3, -0.25) is 4.79 Å². The van der Waals surface area contributed by atoms with Crippen molar-refractivity contribution in [3.63, 3.8) is 0 Å². The Labute approximate surface area is 117 Å². The molecule has 1 rings (SSSR count). The average Bonchev–Trinajstić information content (AvgIpc) is 2.23. The summed E-state index contributed by atoms with van der Waals surface area (Å²) in [5.41, 5.74) is 0.961. The van der Waals surface area contributed by atoms with E-state index in [-0.39, 0.29) is 17.5 Å². The van der Waals surface area contributed by atoms with Gasteiger partial charge in [0.25, 0.3) is 0 Å². The van der Waals surface area contributed by atoms with Crippen LogP contribution in [0.1, 0.15) is 33.3 Å². The predicted molar refractivity (Wildman–Crippen MR) is 78.3 cm³/mol. The first kappa shape index (κ1) is 15.2. The molecule has 0 spiro atoms. The summed E-state index contributed by atoms with van der Waals surface area (Å²) >= 11 is 3.43. The van der Waals surface area contributed by atoms with E-state index >= 15 is 0 Å². The summed E-state index contributed by atoms with van der Waals surface area (Å²) < 4.78 is 1.05. The molecule has 0 aliphatic carbocycles. The van der Waals surface area contributed by atoms with Gasteiger partial charge in [0.1, 0.15) is 0 Å². The molecule has 0 heterocycles. The molecule has 0 aliphatic heterocycles. The van der Waals surface area contributed by atoms with E-state index < -0.39 is 0 Å². The molecule has 4 heteroatoms. The van der Waals surface area contributed by atoms with Gasteiger partial charge in [-0.05, 0) is 45.4 Å². The maximum absolute atomic E-state index is 11.9. The van der Waals surface area contributed by atoms with E-state index in [1.807, 2.05) is 52.0 Å². The fraction of sp³-hybridized carbons (Fsp3) is 0.500. The van der Waals surface area contributed by atoms with E-state index in [4.69, 9.17) is 0 Å². The summed E-state index contributed by atoms with van der Waals surface area (Å²) in [6, 6.07) is 7.84. The number of hydrogen-bond acceptors (Lipinski definition) is 2. The summed E-state index contributed by atoms with van der Waals surface area (Å²) in [4.78, 5) is 11.9. The Morgan fingerprint density at radius 2 is 2.06 bits per heavy atom. The van der Waals surface area contributed by atoms with Gasteiger partial charge in [-0.2, -0.15) is 0 Å². The topological polar surface area (TPSA) is 41.1 Å². The van der Waals surface area contributed by atoms with Crippen molar-refractivity contribution in [3.05, 3.63) is 34.3 Å². The second-order valence-corrected chi connectivity index (χ2v) is 6.39. The van der Waals surface area contributed by atoms with Gasteiger partial charge in [-0.25, -0.2) is 0 Å². The molecule has 0 saturated carbocycles. The average molecular weight is 313 g/mol. The third kappa shape index (κ3) is 5.65. The van der Waals surface area contributed by atoms with E-state index in [2.05, 4.69) is 26.6 Å². The number of benzene rings is 1. The molecule has 1 aromatic rings. The van der Waals surface area contributed by atoms with Crippen LogP contribution in [0.4, 0.5) is 0 Å². The molecule has 0 bridgehead atoms. The SMILES string of the molecule is CC(NCc1cccc(Br)c1)C(=O)NC(C)(C)C. The van der Waals surface area contributed by atoms with Gasteiger partial charge in [0.2, 0.25) is 5.91 Å². The van der Waals surface area contributed by atoms with Crippen LogP contribution >= 0.6 is 15.9 Å². The number of rotatable bonds is 4. The van der Waals surface area contributed by atoms with Gasteiger partial charge in [0, 0.05) is 16.6 Å². The van der Waals surface area contributed by atoms with Crippen LogP contribution in [-0.4, -0.2) is 17.5 Å². The van der Waals surface area contributed by atoms with Gasteiger partial charge < -0.3 is 10.6 Å². The fourth-order valence-electron chi connectivity index (χ4n) is 1.49. The normalized spacial score (nSPS) is 13.2. The molecule has 1 atom stereocenters. The molecule has 0 radical (unpaired) electrons. The highest BCUT2D eigenvalue weighted by Gasteiger charge is 2.18. The molecule has 1 aromatic carbocycles. The second kappa shape index (κ2) is 6.34. The second-order valence-electron chi connectivity index (χ2n) is 5.47. The Morgan fingerprint density at radius 3 is 2.61 bits per heavy atom. The molecule has 1 unspecified atom stereocenters. The summed E-state index contributed by atoms with van der Waals surface area (Å²) in [6.07, 6.45) is 0. The van der Waals surface area contributed by atoms with Crippen LogP contribution in [0.15, 0.2) is 28.7 Å². The predicted octanol–water partition coefficient (Wildman–Crippen LogP) is 2.84. The van der Waals surface area contributed by atoms with Crippen molar-refractivity contribution in [1.82, 2.24) is 10.6 Å². The molecule has 1 amide bonds. The minimum atomic E-state index is -0.205. The molecule has 0 aromatic heterocycles. The maximum atomic E-state index is 11.9. The van der Waals surface area contributed by atoms with Crippen LogP contribution in [0.5, 0.6) is 0 Å². The monoisotopic (exact) mass is 312 g/mol. The highest BCUT2D eigenvalue weighted by molar-refractivity contribution is 9.10. The van der Waals surface area contributed by atoms with Crippen molar-refractivity contribution in [3.8, 4) is 0 Å². The molecule has 0 aliphatic rings. The van der Waals surface area contributed by atoms with Crippen LogP contribution in [0, 0.1) is 0 Å². The first-order valence-corrected chi connectivity index (χ1v) is 6.87. The molecule has 100 valence electrons. The Hall–Kier alpha value is -0.870. The van der Waals surface area contributed by atoms with Gasteiger partial charge >= 0.3 is 0 Å². The lowest BCUT2D eigenvalue weighted by Crippen LogP contribution is -2.49. The zero-order valence-corrected chi connectivity index (χ0v) is 13.0. The maximum Gasteiger partial charge on any atom is 0.237 e. The van der Waals surface area contributed by atoms with Gasteiger partial charge in [0.15, 0.2) is 0 Å². The van der Waals surface area contributed by atoms with E-state index in [9.17, 15) is 4.79 Å². The molecule has 0 saturated heterocycles. The summed E-state index contributed by atoms with van der Waals surface area (Å²) in [5, 5.41) is 6.17. The van der Waals surface area contributed by atoms with Crippen molar-refractivity contribution in [2.24, 2.45) is 0 Å². The van der Waals surface area contributed by atoms with Crippen molar-refractivity contribution in [2.45, 2.75) is 45.8 Å². The lowest BCUT2D eigenvalue weighted by molar-refractivity contribution is -0.124. The van der Waals surface area contributed by atoms with Crippen LogP contribution < -0.4 is 10.6 Å². The van der Waals surface area contributed by atoms with Crippen molar-refractivity contribution in [1.29, 1.82) is 0 Å². The number of amides is 1. The largest absolute Gasteiger partial charge is 0.350 e. The van der Waals surface area contributed by atoms with Gasteiger partial charge in [0.05, 0.1) is 6.04 Å². The van der Waals surface area contributed by atoms with E-state index in [1.54, 1.807) is 0 Å². The lowest BCUT2D eigenvalue weighted by atomic mass is 10.1. The first-order valence-electron chi connectivity index (χ1n) is 6.08. The van der Waals surface area contributed by atoms with Gasteiger partial charge in [-0.15, -0.1) is 0 Å².